The Labute approximate surface area is 98.7 Å². The Hall–Kier alpha value is -2.23. The van der Waals surface area contributed by atoms with Gasteiger partial charge < -0.3 is 14.7 Å². The zero-order valence-corrected chi connectivity index (χ0v) is 9.74. The van der Waals surface area contributed by atoms with Gasteiger partial charge in [0.05, 0.1) is 0 Å². The van der Waals surface area contributed by atoms with E-state index in [2.05, 4.69) is 21.4 Å². The zero-order valence-electron chi connectivity index (χ0n) is 9.74. The van der Waals surface area contributed by atoms with E-state index in [0.29, 0.717) is 6.01 Å². The Morgan fingerprint density at radius 3 is 2.88 bits per heavy atom. The smallest absolute Gasteiger partial charge is 0.295 e. The maximum absolute atomic E-state index is 5.50. The van der Waals surface area contributed by atoms with E-state index in [-0.39, 0.29) is 0 Å². The summed E-state index contributed by atoms with van der Waals surface area (Å²) in [5, 5.41) is 4.07. The van der Waals surface area contributed by atoms with E-state index < -0.39 is 0 Å². The fourth-order valence-corrected chi connectivity index (χ4v) is 2.02. The highest BCUT2D eigenvalue weighted by Crippen LogP contribution is 2.31. The Morgan fingerprint density at radius 2 is 2.12 bits per heavy atom. The van der Waals surface area contributed by atoms with Gasteiger partial charge in [-0.3, -0.25) is 0 Å². The second kappa shape index (κ2) is 3.66. The summed E-state index contributed by atoms with van der Waals surface area (Å²) in [6, 6.07) is 8.70. The first-order valence-corrected chi connectivity index (χ1v) is 5.51. The van der Waals surface area contributed by atoms with Gasteiger partial charge in [0.1, 0.15) is 11.5 Å². The van der Waals surface area contributed by atoms with Crippen LogP contribution in [0.1, 0.15) is 5.76 Å². The summed E-state index contributed by atoms with van der Waals surface area (Å²) >= 11 is 0. The molecule has 0 saturated heterocycles. The second-order valence-electron chi connectivity index (χ2n) is 3.92. The first-order valence-electron chi connectivity index (χ1n) is 5.51. The fourth-order valence-electron chi connectivity index (χ4n) is 2.02. The number of benzene rings is 1. The minimum atomic E-state index is 0.544. The average molecular weight is 227 g/mol. The summed E-state index contributed by atoms with van der Waals surface area (Å²) < 4.78 is 5.50. The molecule has 0 aliphatic carbocycles. The van der Waals surface area contributed by atoms with Crippen molar-refractivity contribution in [3.05, 3.63) is 36.2 Å². The average Bonchev–Trinajstić information content (AvgIpc) is 2.92. The molecule has 86 valence electrons. The summed E-state index contributed by atoms with van der Waals surface area (Å²) in [7, 11) is 1.80. The number of hydrogen-bond donors (Lipinski definition) is 2. The van der Waals surface area contributed by atoms with Crippen molar-refractivity contribution in [1.82, 2.24) is 9.97 Å². The van der Waals surface area contributed by atoms with Crippen molar-refractivity contribution >= 4 is 16.9 Å². The van der Waals surface area contributed by atoms with Crippen LogP contribution in [0.2, 0.25) is 0 Å². The van der Waals surface area contributed by atoms with Crippen molar-refractivity contribution in [2.24, 2.45) is 0 Å². The molecule has 0 saturated carbocycles. The van der Waals surface area contributed by atoms with Crippen LogP contribution in [0.15, 0.2) is 34.9 Å². The largest absolute Gasteiger partial charge is 0.428 e. The molecule has 0 aliphatic rings. The molecule has 0 fully saturated rings. The van der Waals surface area contributed by atoms with Crippen LogP contribution in [0, 0.1) is 6.92 Å². The lowest BCUT2D eigenvalue weighted by atomic mass is 10.1. The summed E-state index contributed by atoms with van der Waals surface area (Å²) in [6.07, 6.45) is 1.97. The molecule has 2 heterocycles. The molecule has 1 aromatic carbocycles. The van der Waals surface area contributed by atoms with E-state index in [9.17, 15) is 0 Å². The molecule has 0 amide bonds. The number of hydrogen-bond acceptors (Lipinski definition) is 3. The lowest BCUT2D eigenvalue weighted by molar-refractivity contribution is 0.544. The minimum absolute atomic E-state index is 0.544. The first-order chi connectivity index (χ1) is 8.29. The number of nitrogens with zero attached hydrogens (tertiary/aromatic N) is 1. The van der Waals surface area contributed by atoms with Crippen molar-refractivity contribution in [2.45, 2.75) is 6.92 Å². The molecule has 3 rings (SSSR count). The third-order valence-corrected chi connectivity index (χ3v) is 2.85. The molecule has 2 N–H and O–H groups in total. The lowest BCUT2D eigenvalue weighted by Gasteiger charge is -1.94. The van der Waals surface area contributed by atoms with E-state index >= 15 is 0 Å². The number of aromatic amines is 1. The molecule has 0 atom stereocenters. The summed E-state index contributed by atoms with van der Waals surface area (Å²) in [4.78, 5) is 7.66. The van der Waals surface area contributed by atoms with Crippen molar-refractivity contribution in [3.8, 4) is 11.3 Å². The number of oxazole rings is 1. The maximum atomic E-state index is 5.50. The Kier molecular flexibility index (Phi) is 2.14. The van der Waals surface area contributed by atoms with Crippen LogP contribution in [-0.4, -0.2) is 17.0 Å². The van der Waals surface area contributed by atoms with Crippen LogP contribution < -0.4 is 5.32 Å². The predicted octanol–water partition coefficient (Wildman–Crippen LogP) is 3.17. The highest BCUT2D eigenvalue weighted by molar-refractivity contribution is 5.95. The molecular formula is C13H13N3O. The highest BCUT2D eigenvalue weighted by Gasteiger charge is 2.14. The van der Waals surface area contributed by atoms with Gasteiger partial charge in [-0.05, 0) is 13.0 Å². The molecule has 3 aromatic rings. The van der Waals surface area contributed by atoms with Gasteiger partial charge in [0.25, 0.3) is 6.01 Å². The predicted molar refractivity (Wildman–Crippen MR) is 68.1 cm³/mol. The van der Waals surface area contributed by atoms with Crippen LogP contribution in [0.25, 0.3) is 22.2 Å². The number of anilines is 1. The van der Waals surface area contributed by atoms with Crippen molar-refractivity contribution < 1.29 is 4.42 Å². The third kappa shape index (κ3) is 1.49. The van der Waals surface area contributed by atoms with Crippen LogP contribution in [0.4, 0.5) is 6.01 Å². The molecular weight excluding hydrogens is 214 g/mol. The van der Waals surface area contributed by atoms with E-state index in [0.717, 1.165) is 27.9 Å². The minimum Gasteiger partial charge on any atom is -0.428 e. The molecule has 0 radical (unpaired) electrons. The number of aromatic nitrogens is 2. The van der Waals surface area contributed by atoms with Crippen molar-refractivity contribution in [3.63, 3.8) is 0 Å². The van der Waals surface area contributed by atoms with E-state index in [4.69, 9.17) is 4.42 Å². The standard InChI is InChI=1S/C13H13N3O/c1-8-12(16-13(14-2)17-8)10-7-15-11-6-4-3-5-9(10)11/h3-7,15H,1-2H3,(H,14,16). The van der Waals surface area contributed by atoms with Gasteiger partial charge in [-0.25, -0.2) is 0 Å². The molecule has 0 aliphatic heterocycles. The lowest BCUT2D eigenvalue weighted by Crippen LogP contribution is -1.86. The zero-order chi connectivity index (χ0) is 11.8. The third-order valence-electron chi connectivity index (χ3n) is 2.85. The molecule has 17 heavy (non-hydrogen) atoms. The van der Waals surface area contributed by atoms with Crippen LogP contribution >= 0.6 is 0 Å². The van der Waals surface area contributed by atoms with Crippen molar-refractivity contribution in [1.29, 1.82) is 0 Å². The molecule has 2 aromatic heterocycles. The van der Waals surface area contributed by atoms with Gasteiger partial charge in [0.15, 0.2) is 0 Å². The van der Waals surface area contributed by atoms with Gasteiger partial charge >= 0.3 is 0 Å². The summed E-state index contributed by atoms with van der Waals surface area (Å²) in [5.74, 6) is 0.819. The summed E-state index contributed by atoms with van der Waals surface area (Å²) in [6.45, 7) is 1.92. The normalized spacial score (nSPS) is 10.9. The number of H-pyrrole nitrogens is 1. The van der Waals surface area contributed by atoms with Crippen LogP contribution in [-0.2, 0) is 0 Å². The van der Waals surface area contributed by atoms with E-state index in [1.165, 1.54) is 0 Å². The Balaban J connectivity index is 2.23. The Morgan fingerprint density at radius 1 is 1.29 bits per heavy atom. The van der Waals surface area contributed by atoms with Crippen LogP contribution in [0.5, 0.6) is 0 Å². The number of para-hydroxylation sites is 1. The molecule has 0 bridgehead atoms. The van der Waals surface area contributed by atoms with Crippen LogP contribution in [0.3, 0.4) is 0 Å². The number of aryl methyl sites for hydroxylation is 1. The molecule has 4 heteroatoms. The Bertz CT molecular complexity index is 666. The topological polar surface area (TPSA) is 53.9 Å². The highest BCUT2D eigenvalue weighted by atomic mass is 16.4. The number of fused-ring (bicyclic) bond motifs is 1. The maximum Gasteiger partial charge on any atom is 0.295 e. The van der Waals surface area contributed by atoms with Gasteiger partial charge in [-0.2, -0.15) is 4.98 Å². The molecule has 0 unspecified atom stereocenters. The molecule has 0 spiro atoms. The van der Waals surface area contributed by atoms with Gasteiger partial charge in [-0.15, -0.1) is 0 Å². The van der Waals surface area contributed by atoms with E-state index in [1.54, 1.807) is 7.05 Å². The number of rotatable bonds is 2. The molecule has 4 nitrogen and oxygen atoms in total. The SMILES string of the molecule is CNc1nc(-c2c[nH]c3ccccc23)c(C)o1. The number of nitrogens with one attached hydrogen (secondary N) is 2. The monoisotopic (exact) mass is 227 g/mol. The van der Waals surface area contributed by atoms with Gasteiger partial charge in [0.2, 0.25) is 0 Å². The fraction of sp³-hybridized carbons (Fsp3) is 0.154. The summed E-state index contributed by atoms with van der Waals surface area (Å²) in [5.41, 5.74) is 3.06. The van der Waals surface area contributed by atoms with Crippen molar-refractivity contribution in [2.75, 3.05) is 12.4 Å². The second-order valence-corrected chi connectivity index (χ2v) is 3.92. The quantitative estimate of drug-likeness (QED) is 0.707. The first kappa shape index (κ1) is 9.96. The van der Waals surface area contributed by atoms with Gasteiger partial charge in [-0.1, -0.05) is 18.2 Å². The van der Waals surface area contributed by atoms with Gasteiger partial charge in [0, 0.05) is 29.7 Å². The van der Waals surface area contributed by atoms with E-state index in [1.807, 2.05) is 31.3 Å².